The molecule has 0 aliphatic rings. The largest absolute Gasteiger partial charge is 0.478 e. The molecule has 1 atom stereocenters. The molecule has 0 bridgehead atoms. The van der Waals surface area contributed by atoms with E-state index in [2.05, 4.69) is 4.98 Å². The maximum Gasteiger partial charge on any atom is 0.337 e. The Balaban J connectivity index is 2.44. The molecule has 5 heteroatoms. The van der Waals surface area contributed by atoms with Gasteiger partial charge in [-0.15, -0.1) is 0 Å². The molecule has 1 aromatic carbocycles. The monoisotopic (exact) mass is 291 g/mol. The average Bonchev–Trinajstić information content (AvgIpc) is 2.46. The number of hydrogen-bond donors (Lipinski definition) is 1. The first-order valence-corrected chi connectivity index (χ1v) is 6.42. The van der Waals surface area contributed by atoms with Gasteiger partial charge >= 0.3 is 5.97 Å². The van der Waals surface area contributed by atoms with Gasteiger partial charge in [0.25, 0.3) is 0 Å². The molecule has 1 N–H and O–H groups in total. The second-order valence-corrected chi connectivity index (χ2v) is 4.77. The van der Waals surface area contributed by atoms with Crippen LogP contribution in [0, 0.1) is 0 Å². The fourth-order valence-electron chi connectivity index (χ4n) is 1.84. The van der Waals surface area contributed by atoms with Crippen LogP contribution in [-0.2, 0) is 4.74 Å². The molecular formula is C15H14ClNO3. The molecule has 0 amide bonds. The molecule has 0 saturated carbocycles. The number of rotatable bonds is 4. The summed E-state index contributed by atoms with van der Waals surface area (Å²) >= 11 is 6.12. The number of ether oxygens (including phenoxy) is 1. The molecule has 0 unspecified atom stereocenters. The number of aromatic nitrogens is 1. The molecule has 4 nitrogen and oxygen atoms in total. The lowest BCUT2D eigenvalue weighted by atomic mass is 10.0. The van der Waals surface area contributed by atoms with E-state index in [1.165, 1.54) is 12.3 Å². The van der Waals surface area contributed by atoms with Crippen molar-refractivity contribution in [2.24, 2.45) is 0 Å². The first-order chi connectivity index (χ1) is 9.52. The summed E-state index contributed by atoms with van der Waals surface area (Å²) in [5, 5.41) is 9.22. The molecule has 0 aliphatic heterocycles. The standard InChI is InChI=1S/C15H14ClNO3/c1-9(20-2)10-4-3-5-11(6-10)14-13(16)7-12(8-17-14)15(18)19/h3-9H,1-2H3,(H,18,19)/t9-/m1/s1. The number of nitrogens with zero attached hydrogens (tertiary/aromatic N) is 1. The van der Waals surface area contributed by atoms with Gasteiger partial charge in [0.2, 0.25) is 0 Å². The van der Waals surface area contributed by atoms with Crippen LogP contribution in [0.2, 0.25) is 5.02 Å². The second kappa shape index (κ2) is 6.03. The molecule has 0 fully saturated rings. The maximum atomic E-state index is 10.9. The third-order valence-electron chi connectivity index (χ3n) is 3.07. The Morgan fingerprint density at radius 1 is 1.40 bits per heavy atom. The molecular weight excluding hydrogens is 278 g/mol. The molecule has 0 radical (unpaired) electrons. The van der Waals surface area contributed by atoms with E-state index in [-0.39, 0.29) is 11.7 Å². The highest BCUT2D eigenvalue weighted by Gasteiger charge is 2.12. The highest BCUT2D eigenvalue weighted by atomic mass is 35.5. The van der Waals surface area contributed by atoms with Crippen LogP contribution in [0.25, 0.3) is 11.3 Å². The SMILES string of the molecule is CO[C@H](C)c1cccc(-c2ncc(C(=O)O)cc2Cl)c1. The number of pyridine rings is 1. The van der Waals surface area contributed by atoms with Crippen molar-refractivity contribution in [3.63, 3.8) is 0 Å². The lowest BCUT2D eigenvalue weighted by molar-refractivity contribution is 0.0696. The molecule has 1 aromatic heterocycles. The van der Waals surface area contributed by atoms with E-state index in [4.69, 9.17) is 21.4 Å². The van der Waals surface area contributed by atoms with E-state index < -0.39 is 5.97 Å². The summed E-state index contributed by atoms with van der Waals surface area (Å²) in [6, 6.07) is 9.06. The van der Waals surface area contributed by atoms with Gasteiger partial charge in [-0.2, -0.15) is 0 Å². The summed E-state index contributed by atoms with van der Waals surface area (Å²) in [7, 11) is 1.64. The summed E-state index contributed by atoms with van der Waals surface area (Å²) in [6.45, 7) is 1.95. The topological polar surface area (TPSA) is 59.4 Å². The Labute approximate surface area is 122 Å². The summed E-state index contributed by atoms with van der Waals surface area (Å²) in [4.78, 5) is 15.0. The number of carboxylic acid groups (broad SMARTS) is 1. The summed E-state index contributed by atoms with van der Waals surface area (Å²) in [5.41, 5.74) is 2.46. The molecule has 0 aliphatic carbocycles. The van der Waals surface area contributed by atoms with Gasteiger partial charge in [0, 0.05) is 18.9 Å². The van der Waals surface area contributed by atoms with Gasteiger partial charge in [-0.05, 0) is 24.6 Å². The Hall–Kier alpha value is -1.91. The van der Waals surface area contributed by atoms with E-state index in [9.17, 15) is 4.79 Å². The van der Waals surface area contributed by atoms with Crippen LogP contribution in [-0.4, -0.2) is 23.2 Å². The third kappa shape index (κ3) is 2.98. The van der Waals surface area contributed by atoms with Crippen molar-refractivity contribution in [1.29, 1.82) is 0 Å². The van der Waals surface area contributed by atoms with Crippen LogP contribution in [0.5, 0.6) is 0 Å². The summed E-state index contributed by atoms with van der Waals surface area (Å²) in [5.74, 6) is -1.05. The lowest BCUT2D eigenvalue weighted by Crippen LogP contribution is -1.99. The summed E-state index contributed by atoms with van der Waals surface area (Å²) in [6.07, 6.45) is 1.27. The Kier molecular flexibility index (Phi) is 4.37. The van der Waals surface area contributed by atoms with Gasteiger partial charge in [-0.1, -0.05) is 29.8 Å². The number of benzene rings is 1. The van der Waals surface area contributed by atoms with Crippen LogP contribution in [0.4, 0.5) is 0 Å². The van der Waals surface area contributed by atoms with Crippen LogP contribution in [0.1, 0.15) is 28.9 Å². The van der Waals surface area contributed by atoms with Crippen molar-refractivity contribution >= 4 is 17.6 Å². The fourth-order valence-corrected chi connectivity index (χ4v) is 2.12. The molecule has 20 heavy (non-hydrogen) atoms. The molecule has 0 spiro atoms. The van der Waals surface area contributed by atoms with Crippen LogP contribution in [0.15, 0.2) is 36.5 Å². The fraction of sp³-hybridized carbons (Fsp3) is 0.200. The predicted octanol–water partition coefficient (Wildman–Crippen LogP) is 3.81. The Morgan fingerprint density at radius 3 is 2.75 bits per heavy atom. The second-order valence-electron chi connectivity index (χ2n) is 4.36. The minimum Gasteiger partial charge on any atom is -0.478 e. The Morgan fingerprint density at radius 2 is 2.15 bits per heavy atom. The van der Waals surface area contributed by atoms with E-state index in [0.29, 0.717) is 10.7 Å². The van der Waals surface area contributed by atoms with E-state index >= 15 is 0 Å². The van der Waals surface area contributed by atoms with Gasteiger partial charge in [-0.25, -0.2) is 4.79 Å². The smallest absolute Gasteiger partial charge is 0.337 e. The van der Waals surface area contributed by atoms with Crippen LogP contribution < -0.4 is 0 Å². The maximum absolute atomic E-state index is 10.9. The molecule has 2 aromatic rings. The molecule has 1 heterocycles. The highest BCUT2D eigenvalue weighted by molar-refractivity contribution is 6.33. The minimum absolute atomic E-state index is 0.0352. The zero-order valence-corrected chi connectivity index (χ0v) is 11.9. The number of hydrogen-bond acceptors (Lipinski definition) is 3. The number of aromatic carboxylic acids is 1. The van der Waals surface area contributed by atoms with Crippen molar-refractivity contribution in [3.8, 4) is 11.3 Å². The summed E-state index contributed by atoms with van der Waals surface area (Å²) < 4.78 is 5.28. The van der Waals surface area contributed by atoms with E-state index in [1.807, 2.05) is 31.2 Å². The van der Waals surface area contributed by atoms with Gasteiger partial charge in [0.05, 0.1) is 22.4 Å². The van der Waals surface area contributed by atoms with Crippen LogP contribution in [0.3, 0.4) is 0 Å². The molecule has 2 rings (SSSR count). The normalized spacial score (nSPS) is 12.2. The minimum atomic E-state index is -1.05. The first-order valence-electron chi connectivity index (χ1n) is 6.05. The Bertz CT molecular complexity index is 643. The highest BCUT2D eigenvalue weighted by Crippen LogP contribution is 2.28. The molecule has 0 saturated heterocycles. The zero-order chi connectivity index (χ0) is 14.7. The van der Waals surface area contributed by atoms with Crippen LogP contribution >= 0.6 is 11.6 Å². The average molecular weight is 292 g/mol. The van der Waals surface area contributed by atoms with Gasteiger partial charge in [-0.3, -0.25) is 4.98 Å². The number of halogens is 1. The number of carbonyl (C=O) groups is 1. The quantitative estimate of drug-likeness (QED) is 0.930. The van der Waals surface area contributed by atoms with Crippen molar-refractivity contribution in [2.45, 2.75) is 13.0 Å². The zero-order valence-electron chi connectivity index (χ0n) is 11.1. The van der Waals surface area contributed by atoms with E-state index in [1.54, 1.807) is 7.11 Å². The van der Waals surface area contributed by atoms with Gasteiger partial charge < -0.3 is 9.84 Å². The lowest BCUT2D eigenvalue weighted by Gasteiger charge is -2.12. The first kappa shape index (κ1) is 14.5. The number of carboxylic acids is 1. The van der Waals surface area contributed by atoms with Gasteiger partial charge in [0.15, 0.2) is 0 Å². The van der Waals surface area contributed by atoms with E-state index in [0.717, 1.165) is 11.1 Å². The third-order valence-corrected chi connectivity index (χ3v) is 3.36. The predicted molar refractivity (Wildman–Crippen MR) is 77.1 cm³/mol. The molecule has 104 valence electrons. The van der Waals surface area contributed by atoms with Gasteiger partial charge in [0.1, 0.15) is 0 Å². The van der Waals surface area contributed by atoms with Crippen molar-refractivity contribution in [2.75, 3.05) is 7.11 Å². The van der Waals surface area contributed by atoms with Crippen molar-refractivity contribution < 1.29 is 14.6 Å². The van der Waals surface area contributed by atoms with Crippen molar-refractivity contribution in [1.82, 2.24) is 4.98 Å². The number of methoxy groups -OCH3 is 1. The van der Waals surface area contributed by atoms with Crippen molar-refractivity contribution in [3.05, 3.63) is 52.7 Å².